The van der Waals surface area contributed by atoms with Gasteiger partial charge in [0.15, 0.2) is 0 Å². The average Bonchev–Trinajstić information content (AvgIpc) is 2.31. The van der Waals surface area contributed by atoms with E-state index in [1.165, 1.54) is 16.8 Å². The van der Waals surface area contributed by atoms with Crippen molar-refractivity contribution in [1.82, 2.24) is 9.88 Å². The van der Waals surface area contributed by atoms with E-state index in [1.807, 2.05) is 0 Å². The van der Waals surface area contributed by atoms with Crippen molar-refractivity contribution in [1.29, 1.82) is 0 Å². The van der Waals surface area contributed by atoms with Gasteiger partial charge in [-0.2, -0.15) is 0 Å². The second-order valence-corrected chi connectivity index (χ2v) is 4.54. The lowest BCUT2D eigenvalue weighted by molar-refractivity contribution is 0.463. The zero-order chi connectivity index (χ0) is 12.6. The molecule has 1 aromatic heterocycles. The largest absolute Gasteiger partial charge is 0.373 e. The molecule has 2 heteroatoms. The fourth-order valence-electron chi connectivity index (χ4n) is 2.61. The third-order valence-corrected chi connectivity index (χ3v) is 3.59. The molecule has 0 saturated heterocycles. The molecule has 17 heavy (non-hydrogen) atoms. The minimum absolute atomic E-state index is 0.815. The van der Waals surface area contributed by atoms with Gasteiger partial charge in [0.1, 0.15) is 0 Å². The van der Waals surface area contributed by atoms with E-state index in [1.54, 1.807) is 0 Å². The number of fused-ring (bicyclic) bond motifs is 1. The highest BCUT2D eigenvalue weighted by Crippen LogP contribution is 2.26. The molecule has 0 atom stereocenters. The van der Waals surface area contributed by atoms with Crippen molar-refractivity contribution in [3.05, 3.63) is 33.5 Å². The monoisotopic (exact) mass is 228 g/mol. The molecular weight excluding hydrogens is 208 g/mol. The molecule has 2 nitrogen and oxygen atoms in total. The highest BCUT2D eigenvalue weighted by Gasteiger charge is 2.21. The summed E-state index contributed by atoms with van der Waals surface area (Å²) in [7, 11) is 2.12. The number of pyridine rings is 1. The molecule has 0 unspecified atom stereocenters. The first-order valence-corrected chi connectivity index (χ1v) is 6.17. The fourth-order valence-corrected chi connectivity index (χ4v) is 2.61. The molecule has 90 valence electrons. The van der Waals surface area contributed by atoms with Crippen LogP contribution in [0.3, 0.4) is 0 Å². The number of hydrogen-bond donors (Lipinski definition) is 0. The molecule has 0 N–H and O–H groups in total. The van der Waals surface area contributed by atoms with Gasteiger partial charge in [-0.1, -0.05) is 26.2 Å². The van der Waals surface area contributed by atoms with Crippen LogP contribution in [0.1, 0.15) is 30.7 Å². The zero-order valence-electron chi connectivity index (χ0n) is 11.0. The van der Waals surface area contributed by atoms with E-state index in [2.05, 4.69) is 50.0 Å². The summed E-state index contributed by atoms with van der Waals surface area (Å²) in [4.78, 5) is 6.90. The Kier molecular flexibility index (Phi) is 3.05. The molecule has 0 radical (unpaired) electrons. The van der Waals surface area contributed by atoms with E-state index < -0.39 is 0 Å². The molecule has 1 aromatic rings. The first-order chi connectivity index (χ1) is 8.10. The quantitative estimate of drug-likeness (QED) is 0.720. The Morgan fingerprint density at radius 1 is 1.41 bits per heavy atom. The van der Waals surface area contributed by atoms with Crippen LogP contribution >= 0.6 is 0 Å². The number of hydrogen-bond acceptors (Lipinski definition) is 2. The van der Waals surface area contributed by atoms with Crippen molar-refractivity contribution in [3.63, 3.8) is 0 Å². The molecule has 0 aromatic carbocycles. The fraction of sp³-hybridized carbons (Fsp3) is 0.400. The Balaban J connectivity index is 2.79. The number of allylic oxidation sites excluding steroid dienone is 1. The third kappa shape index (κ3) is 1.78. The molecule has 0 aliphatic carbocycles. The highest BCUT2D eigenvalue weighted by molar-refractivity contribution is 5.66. The topological polar surface area (TPSA) is 16.1 Å². The summed E-state index contributed by atoms with van der Waals surface area (Å²) in [5, 5.41) is 1.83. The summed E-state index contributed by atoms with van der Waals surface area (Å²) in [5.41, 5.74) is 5.03. The molecule has 0 fully saturated rings. The van der Waals surface area contributed by atoms with Crippen LogP contribution in [-0.4, -0.2) is 23.5 Å². The van der Waals surface area contributed by atoms with Crippen LogP contribution in [-0.2, 0) is 12.8 Å². The lowest BCUT2D eigenvalue weighted by atomic mass is 9.94. The highest BCUT2D eigenvalue weighted by atomic mass is 15.1. The van der Waals surface area contributed by atoms with Gasteiger partial charge in [-0.15, -0.1) is 0 Å². The van der Waals surface area contributed by atoms with E-state index in [0.717, 1.165) is 35.6 Å². The van der Waals surface area contributed by atoms with Crippen LogP contribution in [0.5, 0.6) is 0 Å². The third-order valence-electron chi connectivity index (χ3n) is 3.59. The predicted octanol–water partition coefficient (Wildman–Crippen LogP) is 1.31. The molecule has 0 amide bonds. The summed E-state index contributed by atoms with van der Waals surface area (Å²) < 4.78 is 0. The maximum Gasteiger partial charge on any atom is 0.0902 e. The zero-order valence-corrected chi connectivity index (χ0v) is 11.0. The Hall–Kier alpha value is -1.57. The number of rotatable bonds is 1. The lowest BCUT2D eigenvalue weighted by Gasteiger charge is -2.30. The smallest absolute Gasteiger partial charge is 0.0902 e. The van der Waals surface area contributed by atoms with Gasteiger partial charge in [0.2, 0.25) is 0 Å². The Labute approximate surface area is 103 Å². The van der Waals surface area contributed by atoms with Crippen LogP contribution in [0.4, 0.5) is 0 Å². The van der Waals surface area contributed by atoms with Crippen LogP contribution in [0.2, 0.25) is 0 Å². The van der Waals surface area contributed by atoms with Crippen molar-refractivity contribution in [2.75, 3.05) is 13.6 Å². The number of likely N-dealkylation sites (N-methyl/N-ethyl adjacent to an activating group) is 1. The molecule has 1 aliphatic rings. The summed E-state index contributed by atoms with van der Waals surface area (Å²) in [6.07, 6.45) is 4.20. The number of aromatic nitrogens is 1. The number of nitrogens with zero attached hydrogens (tertiary/aromatic N) is 2. The molecule has 0 saturated carbocycles. The van der Waals surface area contributed by atoms with Crippen molar-refractivity contribution in [2.24, 2.45) is 0 Å². The second kappa shape index (κ2) is 4.36. The molecular formula is C15H20N2. The van der Waals surface area contributed by atoms with Gasteiger partial charge in [0.25, 0.3) is 0 Å². The van der Waals surface area contributed by atoms with Crippen molar-refractivity contribution >= 4 is 18.9 Å². The van der Waals surface area contributed by atoms with Crippen molar-refractivity contribution in [3.8, 4) is 0 Å². The Morgan fingerprint density at radius 3 is 2.71 bits per heavy atom. The summed E-state index contributed by atoms with van der Waals surface area (Å²) in [6.45, 7) is 13.4. The first-order valence-electron chi connectivity index (χ1n) is 6.17. The molecule has 2 heterocycles. The SMILES string of the molecule is C=c1nc2c(c(CC)c1=C)CCN(C)/C2=C\C. The van der Waals surface area contributed by atoms with E-state index in [-0.39, 0.29) is 0 Å². The summed E-state index contributed by atoms with van der Waals surface area (Å²) >= 11 is 0. The first kappa shape index (κ1) is 11.9. The minimum atomic E-state index is 0.815. The maximum atomic E-state index is 4.64. The normalized spacial score (nSPS) is 17.4. The van der Waals surface area contributed by atoms with E-state index in [9.17, 15) is 0 Å². The van der Waals surface area contributed by atoms with Gasteiger partial charge in [-0.05, 0) is 36.1 Å². The molecule has 2 rings (SSSR count). The van der Waals surface area contributed by atoms with E-state index >= 15 is 0 Å². The van der Waals surface area contributed by atoms with Crippen LogP contribution in [0.15, 0.2) is 6.08 Å². The van der Waals surface area contributed by atoms with Crippen LogP contribution in [0, 0.1) is 0 Å². The average molecular weight is 228 g/mol. The van der Waals surface area contributed by atoms with E-state index in [4.69, 9.17) is 0 Å². The van der Waals surface area contributed by atoms with Crippen molar-refractivity contribution in [2.45, 2.75) is 26.7 Å². The van der Waals surface area contributed by atoms with Crippen LogP contribution < -0.4 is 10.6 Å². The summed E-state index contributed by atoms with van der Waals surface area (Å²) in [6, 6.07) is 0. The van der Waals surface area contributed by atoms with Crippen molar-refractivity contribution < 1.29 is 0 Å². The lowest BCUT2D eigenvalue weighted by Crippen LogP contribution is -2.37. The van der Waals surface area contributed by atoms with Gasteiger partial charge < -0.3 is 4.90 Å². The van der Waals surface area contributed by atoms with Gasteiger partial charge in [0.05, 0.1) is 16.7 Å². The van der Waals surface area contributed by atoms with Gasteiger partial charge in [0, 0.05) is 13.6 Å². The second-order valence-electron chi connectivity index (χ2n) is 4.54. The Morgan fingerprint density at radius 2 is 2.12 bits per heavy atom. The van der Waals surface area contributed by atoms with E-state index in [0.29, 0.717) is 0 Å². The minimum Gasteiger partial charge on any atom is -0.373 e. The maximum absolute atomic E-state index is 4.64. The molecule has 1 aliphatic heterocycles. The molecule has 0 spiro atoms. The van der Waals surface area contributed by atoms with Gasteiger partial charge in [-0.25, -0.2) is 4.98 Å². The Bertz CT molecular complexity index is 570. The predicted molar refractivity (Wildman–Crippen MR) is 73.9 cm³/mol. The van der Waals surface area contributed by atoms with Crippen LogP contribution in [0.25, 0.3) is 18.9 Å². The molecule has 0 bridgehead atoms. The standard InChI is InChI=1S/C15H20N2/c1-6-12-10(3)11(4)16-15-13(12)8-9-17(5)14(15)7-2/h7H,3-4,6,8-9H2,1-2,5H3/b14-7-. The summed E-state index contributed by atoms with van der Waals surface area (Å²) in [5.74, 6) is 0. The van der Waals surface area contributed by atoms with Gasteiger partial charge >= 0.3 is 0 Å². The van der Waals surface area contributed by atoms with Gasteiger partial charge in [-0.3, -0.25) is 0 Å².